The number of aliphatic hydroxyl groups is 1. The molecule has 1 atom stereocenters. The summed E-state index contributed by atoms with van der Waals surface area (Å²) in [6, 6.07) is 16.3. The molecule has 2 aromatic carbocycles. The fourth-order valence-electron chi connectivity index (χ4n) is 4.76. The van der Waals surface area contributed by atoms with Gasteiger partial charge in [-0.1, -0.05) is 43.3 Å². The van der Waals surface area contributed by atoms with Crippen LogP contribution in [0, 0.1) is 5.92 Å². The molecule has 1 saturated carbocycles. The Morgan fingerprint density at radius 2 is 1.52 bits per heavy atom. The van der Waals surface area contributed by atoms with Gasteiger partial charge in [0.15, 0.2) is 0 Å². The Morgan fingerprint density at radius 1 is 1.00 bits per heavy atom. The molecule has 0 bridgehead atoms. The number of hydrogen-bond donors (Lipinski definition) is 1. The summed E-state index contributed by atoms with van der Waals surface area (Å²) >= 11 is 0. The highest BCUT2D eigenvalue weighted by Crippen LogP contribution is 2.30. The van der Waals surface area contributed by atoms with Gasteiger partial charge in [0.25, 0.3) is 0 Å². The maximum Gasteiger partial charge on any atom is 0.211 e. The summed E-state index contributed by atoms with van der Waals surface area (Å²) in [7, 11) is -3.38. The molecular weight excluding hydrogens is 384 g/mol. The molecule has 1 aliphatic carbocycles. The predicted octanol–water partition coefficient (Wildman–Crippen LogP) is 4.00. The normalized spacial score (nSPS) is 21.8. The van der Waals surface area contributed by atoms with E-state index in [2.05, 4.69) is 35.8 Å². The van der Waals surface area contributed by atoms with Crippen molar-refractivity contribution in [3.05, 3.63) is 48.5 Å². The lowest BCUT2D eigenvalue weighted by molar-refractivity contribution is 0.106. The molecule has 6 heteroatoms. The Balaban J connectivity index is 1.60. The van der Waals surface area contributed by atoms with Gasteiger partial charge >= 0.3 is 0 Å². The summed E-state index contributed by atoms with van der Waals surface area (Å²) < 4.78 is 28.6. The molecule has 5 nitrogen and oxygen atoms in total. The Bertz CT molecular complexity index is 1040. The first kappa shape index (κ1) is 20.4. The molecule has 0 amide bonds. The molecule has 156 valence electrons. The first-order valence-corrected chi connectivity index (χ1v) is 12.3. The third kappa shape index (κ3) is 4.20. The first-order chi connectivity index (χ1) is 13.8. The number of nitrogens with zero attached hydrogens (tertiary/aromatic N) is 2. The Kier molecular flexibility index (Phi) is 5.69. The fourth-order valence-corrected chi connectivity index (χ4v) is 5.96. The summed E-state index contributed by atoms with van der Waals surface area (Å²) in [5, 5.41) is 13.2. The van der Waals surface area contributed by atoms with Crippen LogP contribution >= 0.6 is 0 Å². The summed E-state index contributed by atoms with van der Waals surface area (Å²) in [5.74, 6) is 0.648. The van der Waals surface area contributed by atoms with E-state index in [-0.39, 0.29) is 12.6 Å². The van der Waals surface area contributed by atoms with Crippen molar-refractivity contribution in [1.29, 1.82) is 0 Å². The number of aliphatic hydroxyl groups excluding tert-OH is 1. The van der Waals surface area contributed by atoms with Gasteiger partial charge in [0.2, 0.25) is 10.0 Å². The smallest absolute Gasteiger partial charge is 0.211 e. The molecule has 1 fully saturated rings. The van der Waals surface area contributed by atoms with E-state index in [1.807, 2.05) is 24.3 Å². The molecule has 0 spiro atoms. The van der Waals surface area contributed by atoms with Crippen LogP contribution in [-0.2, 0) is 16.6 Å². The number of fused-ring (bicyclic) bond motifs is 3. The van der Waals surface area contributed by atoms with Crippen LogP contribution in [0.2, 0.25) is 0 Å². The molecule has 29 heavy (non-hydrogen) atoms. The number of sulfonamides is 1. The zero-order chi connectivity index (χ0) is 20.6. The lowest BCUT2D eigenvalue weighted by Crippen LogP contribution is -2.46. The second-order valence-electron chi connectivity index (χ2n) is 8.55. The van der Waals surface area contributed by atoms with E-state index in [1.54, 1.807) is 0 Å². The van der Waals surface area contributed by atoms with E-state index < -0.39 is 16.1 Å². The SMILES string of the molecule is CC1CCC(N(CC(O)Cn2c3ccccc3c3ccccc32)S(C)(=O)=O)CC1. The van der Waals surface area contributed by atoms with E-state index in [0.29, 0.717) is 12.5 Å². The highest BCUT2D eigenvalue weighted by atomic mass is 32.2. The zero-order valence-electron chi connectivity index (χ0n) is 17.2. The number of para-hydroxylation sites is 2. The minimum Gasteiger partial charge on any atom is -0.390 e. The highest BCUT2D eigenvalue weighted by molar-refractivity contribution is 7.88. The van der Waals surface area contributed by atoms with Gasteiger partial charge < -0.3 is 9.67 Å². The van der Waals surface area contributed by atoms with Gasteiger partial charge in [-0.3, -0.25) is 0 Å². The van der Waals surface area contributed by atoms with Crippen molar-refractivity contribution in [2.45, 2.75) is 51.3 Å². The summed E-state index contributed by atoms with van der Waals surface area (Å²) in [6.07, 6.45) is 4.31. The molecule has 4 rings (SSSR count). The maximum atomic E-state index is 12.5. The van der Waals surface area contributed by atoms with Crippen LogP contribution in [0.25, 0.3) is 21.8 Å². The van der Waals surface area contributed by atoms with Crippen molar-refractivity contribution >= 4 is 31.8 Å². The largest absolute Gasteiger partial charge is 0.390 e. The summed E-state index contributed by atoms with van der Waals surface area (Å²) in [5.41, 5.74) is 2.12. The average molecular weight is 415 g/mol. The lowest BCUT2D eigenvalue weighted by Gasteiger charge is -2.35. The van der Waals surface area contributed by atoms with E-state index in [9.17, 15) is 13.5 Å². The van der Waals surface area contributed by atoms with Crippen LogP contribution in [-0.4, -0.2) is 47.3 Å². The van der Waals surface area contributed by atoms with Gasteiger partial charge in [-0.15, -0.1) is 0 Å². The van der Waals surface area contributed by atoms with E-state index in [1.165, 1.54) is 10.6 Å². The first-order valence-electron chi connectivity index (χ1n) is 10.5. The monoisotopic (exact) mass is 414 g/mol. The van der Waals surface area contributed by atoms with Crippen LogP contribution in [0.15, 0.2) is 48.5 Å². The summed E-state index contributed by atoms with van der Waals surface area (Å²) in [4.78, 5) is 0. The average Bonchev–Trinajstić information content (AvgIpc) is 3.00. The second-order valence-corrected chi connectivity index (χ2v) is 10.5. The molecule has 1 N–H and O–H groups in total. The standard InChI is InChI=1S/C23H30N2O3S/c1-17-11-13-18(14-12-17)25(29(2,27)28)16-19(26)15-24-22-9-5-3-7-20(22)21-8-4-6-10-23(21)24/h3-10,17-19,26H,11-16H2,1-2H3. The minimum absolute atomic E-state index is 0.00556. The Morgan fingerprint density at radius 3 is 2.03 bits per heavy atom. The van der Waals surface area contributed by atoms with Gasteiger partial charge in [0.05, 0.1) is 18.9 Å². The van der Waals surface area contributed by atoms with E-state index >= 15 is 0 Å². The van der Waals surface area contributed by atoms with Crippen molar-refractivity contribution in [2.75, 3.05) is 12.8 Å². The van der Waals surface area contributed by atoms with Gasteiger partial charge in [0.1, 0.15) is 0 Å². The molecule has 1 aromatic heterocycles. The molecule has 1 heterocycles. The topological polar surface area (TPSA) is 62.5 Å². The number of hydrogen-bond acceptors (Lipinski definition) is 3. The van der Waals surface area contributed by atoms with Crippen LogP contribution in [0.3, 0.4) is 0 Å². The van der Waals surface area contributed by atoms with Gasteiger partial charge in [0, 0.05) is 34.4 Å². The molecule has 1 aliphatic rings. The molecule has 1 unspecified atom stereocenters. The second kappa shape index (κ2) is 8.09. The third-order valence-corrected chi connectivity index (χ3v) is 7.58. The highest BCUT2D eigenvalue weighted by Gasteiger charge is 2.31. The van der Waals surface area contributed by atoms with Crippen molar-refractivity contribution in [1.82, 2.24) is 8.87 Å². The van der Waals surface area contributed by atoms with Crippen LogP contribution in [0.5, 0.6) is 0 Å². The zero-order valence-corrected chi connectivity index (χ0v) is 18.0. The summed E-state index contributed by atoms with van der Waals surface area (Å²) in [6.45, 7) is 2.72. The van der Waals surface area contributed by atoms with Crippen molar-refractivity contribution < 1.29 is 13.5 Å². The Labute approximate surface area is 173 Å². The van der Waals surface area contributed by atoms with E-state index in [0.717, 1.165) is 47.5 Å². The quantitative estimate of drug-likeness (QED) is 0.663. The van der Waals surface area contributed by atoms with Gasteiger partial charge in [-0.2, -0.15) is 4.31 Å². The van der Waals surface area contributed by atoms with Gasteiger partial charge in [-0.05, 0) is 43.7 Å². The van der Waals surface area contributed by atoms with Crippen molar-refractivity contribution in [2.24, 2.45) is 5.92 Å². The van der Waals surface area contributed by atoms with Crippen LogP contribution in [0.1, 0.15) is 32.6 Å². The molecular formula is C23H30N2O3S. The minimum atomic E-state index is -3.38. The number of benzene rings is 2. The Hall–Kier alpha value is -1.89. The third-order valence-electron chi connectivity index (χ3n) is 6.28. The molecule has 0 aliphatic heterocycles. The van der Waals surface area contributed by atoms with Crippen molar-refractivity contribution in [3.8, 4) is 0 Å². The molecule has 3 aromatic rings. The predicted molar refractivity (Wildman–Crippen MR) is 118 cm³/mol. The van der Waals surface area contributed by atoms with Crippen LogP contribution < -0.4 is 0 Å². The molecule has 0 saturated heterocycles. The molecule has 0 radical (unpaired) electrons. The van der Waals surface area contributed by atoms with Crippen molar-refractivity contribution in [3.63, 3.8) is 0 Å². The lowest BCUT2D eigenvalue weighted by atomic mass is 9.87. The fraction of sp³-hybridized carbons (Fsp3) is 0.478. The van der Waals surface area contributed by atoms with E-state index in [4.69, 9.17) is 0 Å². The number of aromatic nitrogens is 1. The number of rotatable bonds is 6. The maximum absolute atomic E-state index is 12.5. The van der Waals surface area contributed by atoms with Crippen LogP contribution in [0.4, 0.5) is 0 Å². The van der Waals surface area contributed by atoms with Gasteiger partial charge in [-0.25, -0.2) is 8.42 Å².